The van der Waals surface area contributed by atoms with Crippen molar-refractivity contribution in [1.82, 2.24) is 13.2 Å². The van der Waals surface area contributed by atoms with Gasteiger partial charge in [-0.2, -0.15) is 8.61 Å². The van der Waals surface area contributed by atoms with E-state index in [0.29, 0.717) is 26.2 Å². The van der Waals surface area contributed by atoms with E-state index in [-0.39, 0.29) is 15.8 Å². The Morgan fingerprint density at radius 3 is 1.96 bits per heavy atom. The van der Waals surface area contributed by atoms with Crippen LogP contribution in [0.1, 0.15) is 37.2 Å². The lowest BCUT2D eigenvalue weighted by molar-refractivity contribution is 0.280. The lowest BCUT2D eigenvalue weighted by Crippen LogP contribution is -2.41. The van der Waals surface area contributed by atoms with Gasteiger partial charge in [-0.05, 0) is 63.1 Å². The van der Waals surface area contributed by atoms with Crippen molar-refractivity contribution < 1.29 is 16.8 Å². The minimum Gasteiger partial charge on any atom is -0.346 e. The van der Waals surface area contributed by atoms with E-state index in [1.54, 1.807) is 0 Å². The van der Waals surface area contributed by atoms with E-state index in [2.05, 4.69) is 4.57 Å². The van der Waals surface area contributed by atoms with Gasteiger partial charge in [0.1, 0.15) is 0 Å². The summed E-state index contributed by atoms with van der Waals surface area (Å²) < 4.78 is 56.8. The number of hydrogen-bond acceptors (Lipinski definition) is 4. The summed E-state index contributed by atoms with van der Waals surface area (Å²) in [7, 11) is -7.27. The lowest BCUT2D eigenvalue weighted by atomic mass is 10.2. The monoisotopic (exact) mass is 423 g/mol. The molecule has 9 heteroatoms. The zero-order chi connectivity index (χ0) is 20.1. The molecule has 1 aromatic heterocycles. The predicted molar refractivity (Wildman–Crippen MR) is 106 cm³/mol. The third kappa shape index (κ3) is 3.10. The molecule has 0 amide bonds. The SMILES string of the molecule is Cc1ccc2n1CCN(S(=O)(=O)c1ccc(S(=O)(=O)N3CCCC3)cc1)[C@@H]2C. The summed E-state index contributed by atoms with van der Waals surface area (Å²) in [4.78, 5) is 0.265. The minimum absolute atomic E-state index is 0.122. The first-order valence-corrected chi connectivity index (χ1v) is 12.4. The molecule has 0 bridgehead atoms. The van der Waals surface area contributed by atoms with Crippen LogP contribution in [-0.2, 0) is 26.6 Å². The van der Waals surface area contributed by atoms with Crippen molar-refractivity contribution in [2.75, 3.05) is 19.6 Å². The topological polar surface area (TPSA) is 79.7 Å². The number of sulfonamides is 2. The van der Waals surface area contributed by atoms with Crippen LogP contribution in [0.5, 0.6) is 0 Å². The lowest BCUT2D eigenvalue weighted by Gasteiger charge is -2.34. The van der Waals surface area contributed by atoms with E-state index < -0.39 is 20.0 Å². The Labute approximate surface area is 166 Å². The smallest absolute Gasteiger partial charge is 0.243 e. The highest BCUT2D eigenvalue weighted by Gasteiger charge is 2.35. The first-order valence-electron chi connectivity index (χ1n) is 9.51. The fourth-order valence-corrected chi connectivity index (χ4v) is 7.24. The zero-order valence-electron chi connectivity index (χ0n) is 16.1. The fourth-order valence-electron chi connectivity index (χ4n) is 4.12. The molecule has 28 heavy (non-hydrogen) atoms. The minimum atomic E-state index is -3.71. The maximum absolute atomic E-state index is 13.2. The number of rotatable bonds is 4. The van der Waals surface area contributed by atoms with Gasteiger partial charge in [-0.1, -0.05) is 0 Å². The van der Waals surface area contributed by atoms with Gasteiger partial charge in [0.2, 0.25) is 20.0 Å². The zero-order valence-corrected chi connectivity index (χ0v) is 17.7. The highest BCUT2D eigenvalue weighted by Crippen LogP contribution is 2.32. The molecule has 2 aromatic rings. The fraction of sp³-hybridized carbons (Fsp3) is 0.474. The quantitative estimate of drug-likeness (QED) is 0.756. The molecule has 0 spiro atoms. The van der Waals surface area contributed by atoms with Crippen LogP contribution < -0.4 is 0 Å². The Bertz CT molecular complexity index is 1080. The van der Waals surface area contributed by atoms with Gasteiger partial charge in [0.25, 0.3) is 0 Å². The second kappa shape index (κ2) is 6.98. The van der Waals surface area contributed by atoms with Crippen molar-refractivity contribution in [1.29, 1.82) is 0 Å². The molecular formula is C19H25N3O4S2. The number of nitrogens with zero attached hydrogens (tertiary/aromatic N) is 3. The number of fused-ring (bicyclic) bond motifs is 1. The molecule has 0 N–H and O–H groups in total. The molecule has 0 saturated carbocycles. The molecule has 152 valence electrons. The number of aromatic nitrogens is 1. The Balaban J connectivity index is 1.62. The summed E-state index contributed by atoms with van der Waals surface area (Å²) in [6.07, 6.45) is 1.72. The van der Waals surface area contributed by atoms with Crippen LogP contribution in [-0.4, -0.2) is 49.6 Å². The van der Waals surface area contributed by atoms with Crippen LogP contribution in [0.15, 0.2) is 46.2 Å². The van der Waals surface area contributed by atoms with Crippen molar-refractivity contribution in [3.05, 3.63) is 47.8 Å². The van der Waals surface area contributed by atoms with Crippen LogP contribution in [0.2, 0.25) is 0 Å². The predicted octanol–water partition coefficient (Wildman–Crippen LogP) is 2.35. The van der Waals surface area contributed by atoms with Crippen molar-refractivity contribution >= 4 is 20.0 Å². The second-order valence-electron chi connectivity index (χ2n) is 7.43. The summed E-state index contributed by atoms with van der Waals surface area (Å²) in [5.41, 5.74) is 2.09. The number of benzene rings is 1. The highest BCUT2D eigenvalue weighted by atomic mass is 32.2. The summed E-state index contributed by atoms with van der Waals surface area (Å²) in [5.74, 6) is 0. The van der Waals surface area contributed by atoms with E-state index in [1.165, 1.54) is 32.9 Å². The van der Waals surface area contributed by atoms with E-state index in [1.807, 2.05) is 26.0 Å². The molecule has 1 saturated heterocycles. The van der Waals surface area contributed by atoms with Gasteiger partial charge in [0.15, 0.2) is 0 Å². The highest BCUT2D eigenvalue weighted by molar-refractivity contribution is 7.89. The summed E-state index contributed by atoms with van der Waals surface area (Å²) in [6.45, 7) is 5.94. The van der Waals surface area contributed by atoms with Crippen LogP contribution in [0, 0.1) is 6.92 Å². The van der Waals surface area contributed by atoms with Gasteiger partial charge in [-0.25, -0.2) is 16.8 Å². The van der Waals surface area contributed by atoms with Gasteiger partial charge < -0.3 is 4.57 Å². The molecule has 1 fully saturated rings. The largest absolute Gasteiger partial charge is 0.346 e. The van der Waals surface area contributed by atoms with Crippen molar-refractivity contribution in [2.45, 2.75) is 49.1 Å². The average molecular weight is 424 g/mol. The third-order valence-corrected chi connectivity index (χ3v) is 9.67. The third-order valence-electron chi connectivity index (χ3n) is 5.77. The van der Waals surface area contributed by atoms with Gasteiger partial charge >= 0.3 is 0 Å². The molecule has 1 aromatic carbocycles. The van der Waals surface area contributed by atoms with E-state index in [4.69, 9.17) is 0 Å². The molecule has 2 aliphatic rings. The molecule has 2 aliphatic heterocycles. The molecular weight excluding hydrogens is 398 g/mol. The first-order chi connectivity index (χ1) is 13.2. The van der Waals surface area contributed by atoms with Crippen LogP contribution in [0.3, 0.4) is 0 Å². The number of aryl methyl sites for hydroxylation is 1. The van der Waals surface area contributed by atoms with Crippen LogP contribution >= 0.6 is 0 Å². The summed E-state index contributed by atoms with van der Waals surface area (Å²) in [5, 5.41) is 0. The van der Waals surface area contributed by atoms with E-state index >= 15 is 0 Å². The normalized spacial score (nSPS) is 21.7. The summed E-state index contributed by atoms with van der Waals surface area (Å²) >= 11 is 0. The van der Waals surface area contributed by atoms with Gasteiger partial charge in [-0.3, -0.25) is 0 Å². The molecule has 0 unspecified atom stereocenters. The summed E-state index contributed by atoms with van der Waals surface area (Å²) in [6, 6.07) is 9.31. The first kappa shape index (κ1) is 19.6. The van der Waals surface area contributed by atoms with Crippen molar-refractivity contribution in [2.24, 2.45) is 0 Å². The molecule has 7 nitrogen and oxygen atoms in total. The van der Waals surface area contributed by atoms with Gasteiger partial charge in [-0.15, -0.1) is 0 Å². The Hall–Kier alpha value is -1.68. The van der Waals surface area contributed by atoms with Crippen molar-refractivity contribution in [3.63, 3.8) is 0 Å². The van der Waals surface area contributed by atoms with Gasteiger partial charge in [0.05, 0.1) is 15.8 Å². The number of hydrogen-bond donors (Lipinski definition) is 0. The maximum atomic E-state index is 13.2. The molecule has 3 heterocycles. The van der Waals surface area contributed by atoms with E-state index in [9.17, 15) is 16.8 Å². The molecule has 0 radical (unpaired) electrons. The molecule has 1 atom stereocenters. The second-order valence-corrected chi connectivity index (χ2v) is 11.3. The van der Waals surface area contributed by atoms with Crippen LogP contribution in [0.4, 0.5) is 0 Å². The Morgan fingerprint density at radius 1 is 0.786 bits per heavy atom. The molecule has 0 aliphatic carbocycles. The Morgan fingerprint density at radius 2 is 1.36 bits per heavy atom. The van der Waals surface area contributed by atoms with Crippen molar-refractivity contribution in [3.8, 4) is 0 Å². The average Bonchev–Trinajstić information content (AvgIpc) is 3.33. The standard InChI is InChI=1S/C19H25N3O4S2/c1-15-5-10-19-16(2)22(14-13-21(15)19)28(25,26)18-8-6-17(7-9-18)27(23,24)20-11-3-4-12-20/h5-10,16H,3-4,11-14H2,1-2H3/t16-/m1/s1. The van der Waals surface area contributed by atoms with Crippen LogP contribution in [0.25, 0.3) is 0 Å². The Kier molecular flexibility index (Phi) is 4.89. The van der Waals surface area contributed by atoms with E-state index in [0.717, 1.165) is 24.2 Å². The van der Waals surface area contributed by atoms with Gasteiger partial charge in [0, 0.05) is 37.6 Å². The molecule has 4 rings (SSSR count). The maximum Gasteiger partial charge on any atom is 0.243 e.